The number of thioether (sulfide) groups is 1. The number of anilines is 2. The lowest BCUT2D eigenvalue weighted by Gasteiger charge is -2.21. The molecular formula is C20H25N5OS. The highest BCUT2D eigenvalue weighted by Crippen LogP contribution is 2.26. The third-order valence-electron chi connectivity index (χ3n) is 5.00. The van der Waals surface area contributed by atoms with Crippen LogP contribution in [0.4, 0.5) is 11.6 Å². The summed E-state index contributed by atoms with van der Waals surface area (Å²) < 4.78 is 2.03. The van der Waals surface area contributed by atoms with Gasteiger partial charge >= 0.3 is 0 Å². The minimum atomic E-state index is 0.188. The Kier molecular flexibility index (Phi) is 5.89. The topological polar surface area (TPSA) is 75.9 Å². The molecule has 0 aliphatic heterocycles. The van der Waals surface area contributed by atoms with Gasteiger partial charge in [-0.15, -0.1) is 11.8 Å². The number of fused-ring (bicyclic) bond motifs is 1. The van der Waals surface area contributed by atoms with Gasteiger partial charge in [-0.3, -0.25) is 0 Å². The third kappa shape index (κ3) is 4.59. The molecule has 27 heavy (non-hydrogen) atoms. The molecule has 0 unspecified atom stereocenters. The first-order valence-corrected chi connectivity index (χ1v) is 10.6. The molecule has 2 heterocycles. The van der Waals surface area contributed by atoms with Crippen molar-refractivity contribution in [2.75, 3.05) is 17.7 Å². The summed E-state index contributed by atoms with van der Waals surface area (Å²) >= 11 is 1.64. The number of rotatable bonds is 7. The normalized spacial score (nSPS) is 15.3. The highest BCUT2D eigenvalue weighted by Gasteiger charge is 2.16. The smallest absolute Gasteiger partial charge is 0.229 e. The Morgan fingerprint density at radius 3 is 2.70 bits per heavy atom. The Labute approximate surface area is 163 Å². The first-order valence-electron chi connectivity index (χ1n) is 9.61. The molecule has 1 fully saturated rings. The number of aliphatic hydroxyl groups excluding tert-OH is 1. The third-order valence-corrected chi connectivity index (χ3v) is 6.00. The van der Waals surface area contributed by atoms with Crippen molar-refractivity contribution in [3.63, 3.8) is 0 Å². The van der Waals surface area contributed by atoms with Crippen molar-refractivity contribution in [1.29, 1.82) is 0 Å². The molecule has 3 aromatic rings. The van der Waals surface area contributed by atoms with Crippen molar-refractivity contribution in [2.45, 2.75) is 43.5 Å². The van der Waals surface area contributed by atoms with E-state index < -0.39 is 0 Å². The molecule has 1 aliphatic rings. The molecule has 1 saturated carbocycles. The molecule has 1 aromatic carbocycles. The van der Waals surface area contributed by atoms with Crippen LogP contribution < -0.4 is 5.32 Å². The molecule has 7 heteroatoms. The van der Waals surface area contributed by atoms with Crippen molar-refractivity contribution >= 4 is 34.4 Å². The lowest BCUT2D eigenvalue weighted by atomic mass is 9.89. The standard InChI is InChI=1S/C20H25N5OS/c26-10-11-27-18-8-6-17(7-9-18)23-20-21-12-16-13-22-25(19(16)24-20)14-15-4-2-1-3-5-15/h6-9,12-13,15,26H,1-5,10-11,14H2,(H,21,23,24). The van der Waals surface area contributed by atoms with E-state index in [1.54, 1.807) is 11.8 Å². The fourth-order valence-corrected chi connectivity index (χ4v) is 4.26. The van der Waals surface area contributed by atoms with Gasteiger partial charge in [0.1, 0.15) is 0 Å². The van der Waals surface area contributed by atoms with E-state index in [0.29, 0.717) is 17.6 Å². The molecule has 0 saturated heterocycles. The molecule has 2 N–H and O–H groups in total. The van der Waals surface area contributed by atoms with Crippen molar-refractivity contribution in [1.82, 2.24) is 19.7 Å². The van der Waals surface area contributed by atoms with E-state index in [0.717, 1.165) is 28.2 Å². The predicted octanol–water partition coefficient (Wildman–Crippen LogP) is 4.23. The minimum Gasteiger partial charge on any atom is -0.396 e. The predicted molar refractivity (Wildman–Crippen MR) is 109 cm³/mol. The lowest BCUT2D eigenvalue weighted by molar-refractivity contribution is 0.311. The highest BCUT2D eigenvalue weighted by atomic mass is 32.2. The van der Waals surface area contributed by atoms with Crippen LogP contribution in [0.25, 0.3) is 11.0 Å². The number of aliphatic hydroxyl groups is 1. The van der Waals surface area contributed by atoms with Crippen molar-refractivity contribution in [2.24, 2.45) is 5.92 Å². The van der Waals surface area contributed by atoms with Crippen LogP contribution in [0.15, 0.2) is 41.6 Å². The van der Waals surface area contributed by atoms with Gasteiger partial charge in [-0.25, -0.2) is 9.67 Å². The minimum absolute atomic E-state index is 0.188. The SMILES string of the molecule is OCCSc1ccc(Nc2ncc3cnn(CC4CCCCC4)c3n2)cc1. The van der Waals surface area contributed by atoms with Crippen LogP contribution in [0, 0.1) is 5.92 Å². The molecule has 2 aromatic heterocycles. The van der Waals surface area contributed by atoms with Crippen molar-refractivity contribution in [3.05, 3.63) is 36.7 Å². The van der Waals surface area contributed by atoms with E-state index in [-0.39, 0.29) is 6.61 Å². The van der Waals surface area contributed by atoms with Gasteiger partial charge < -0.3 is 10.4 Å². The van der Waals surface area contributed by atoms with Crippen LogP contribution in [-0.2, 0) is 6.54 Å². The first-order chi connectivity index (χ1) is 13.3. The van der Waals surface area contributed by atoms with E-state index in [4.69, 9.17) is 10.1 Å². The molecule has 0 bridgehead atoms. The monoisotopic (exact) mass is 383 g/mol. The van der Waals surface area contributed by atoms with Gasteiger partial charge in [-0.05, 0) is 43.0 Å². The highest BCUT2D eigenvalue weighted by molar-refractivity contribution is 7.99. The Hall–Kier alpha value is -2.12. The fourth-order valence-electron chi connectivity index (χ4n) is 3.60. The molecule has 6 nitrogen and oxygen atoms in total. The summed E-state index contributed by atoms with van der Waals surface area (Å²) in [5, 5.41) is 17.7. The first kappa shape index (κ1) is 18.3. The largest absolute Gasteiger partial charge is 0.396 e. The van der Waals surface area contributed by atoms with E-state index in [2.05, 4.69) is 15.4 Å². The molecule has 0 atom stereocenters. The Morgan fingerprint density at radius 2 is 1.93 bits per heavy atom. The lowest BCUT2D eigenvalue weighted by Crippen LogP contribution is -2.15. The van der Waals surface area contributed by atoms with Crippen LogP contribution in [0.3, 0.4) is 0 Å². The van der Waals surface area contributed by atoms with Crippen LogP contribution in [0.2, 0.25) is 0 Å². The van der Waals surface area contributed by atoms with E-state index >= 15 is 0 Å². The maximum atomic E-state index is 8.91. The summed E-state index contributed by atoms with van der Waals surface area (Å²) in [7, 11) is 0. The second-order valence-electron chi connectivity index (χ2n) is 7.02. The van der Waals surface area contributed by atoms with E-state index in [9.17, 15) is 0 Å². The molecule has 0 amide bonds. The zero-order valence-corrected chi connectivity index (χ0v) is 16.2. The summed E-state index contributed by atoms with van der Waals surface area (Å²) in [5.41, 5.74) is 1.84. The fraction of sp³-hybridized carbons (Fsp3) is 0.450. The van der Waals surface area contributed by atoms with Crippen LogP contribution in [-0.4, -0.2) is 37.2 Å². The summed E-state index contributed by atoms with van der Waals surface area (Å²) in [6.45, 7) is 1.13. The molecule has 0 spiro atoms. The number of nitrogens with one attached hydrogen (secondary N) is 1. The summed E-state index contributed by atoms with van der Waals surface area (Å²) in [5.74, 6) is 2.00. The zero-order chi connectivity index (χ0) is 18.5. The average Bonchev–Trinajstić information content (AvgIpc) is 3.10. The van der Waals surface area contributed by atoms with Gasteiger partial charge in [0.05, 0.1) is 18.2 Å². The number of aromatic nitrogens is 4. The summed E-state index contributed by atoms with van der Waals surface area (Å²) in [6, 6.07) is 8.09. The van der Waals surface area contributed by atoms with Crippen LogP contribution >= 0.6 is 11.8 Å². The van der Waals surface area contributed by atoms with Crippen LogP contribution in [0.1, 0.15) is 32.1 Å². The van der Waals surface area contributed by atoms with Gasteiger partial charge in [-0.2, -0.15) is 10.1 Å². The van der Waals surface area contributed by atoms with Gasteiger partial charge in [0, 0.05) is 29.1 Å². The molecule has 4 rings (SSSR count). The van der Waals surface area contributed by atoms with E-state index in [1.165, 1.54) is 32.1 Å². The summed E-state index contributed by atoms with van der Waals surface area (Å²) in [6.07, 6.45) is 10.3. The number of nitrogens with zero attached hydrogens (tertiary/aromatic N) is 4. The van der Waals surface area contributed by atoms with Gasteiger partial charge in [0.25, 0.3) is 0 Å². The van der Waals surface area contributed by atoms with E-state index in [1.807, 2.05) is 41.3 Å². The second-order valence-corrected chi connectivity index (χ2v) is 8.19. The zero-order valence-electron chi connectivity index (χ0n) is 15.3. The molecule has 0 radical (unpaired) electrons. The van der Waals surface area contributed by atoms with Crippen molar-refractivity contribution in [3.8, 4) is 0 Å². The second kappa shape index (κ2) is 8.71. The molecule has 142 valence electrons. The summed E-state index contributed by atoms with van der Waals surface area (Å²) in [4.78, 5) is 10.3. The van der Waals surface area contributed by atoms with Crippen molar-refractivity contribution < 1.29 is 5.11 Å². The maximum Gasteiger partial charge on any atom is 0.229 e. The Balaban J connectivity index is 1.48. The Morgan fingerprint density at radius 1 is 1.11 bits per heavy atom. The van der Waals surface area contributed by atoms with Gasteiger partial charge in [0.15, 0.2) is 5.65 Å². The van der Waals surface area contributed by atoms with Gasteiger partial charge in [0.2, 0.25) is 5.95 Å². The number of hydrogen-bond donors (Lipinski definition) is 2. The molecular weight excluding hydrogens is 358 g/mol. The number of benzene rings is 1. The molecule has 1 aliphatic carbocycles. The van der Waals surface area contributed by atoms with Crippen LogP contribution in [0.5, 0.6) is 0 Å². The maximum absolute atomic E-state index is 8.91. The Bertz CT molecular complexity index is 874. The van der Waals surface area contributed by atoms with Gasteiger partial charge in [-0.1, -0.05) is 19.3 Å². The number of hydrogen-bond acceptors (Lipinski definition) is 6. The quantitative estimate of drug-likeness (QED) is 0.595. The average molecular weight is 384 g/mol.